The topological polar surface area (TPSA) is 45.8 Å². The zero-order valence-corrected chi connectivity index (χ0v) is 7.66. The monoisotopic (exact) mass is 184 g/mol. The smallest absolute Gasteiger partial charge is 0.267 e. The number of aromatic amines is 1. The van der Waals surface area contributed by atoms with E-state index in [9.17, 15) is 4.79 Å². The van der Waals surface area contributed by atoms with E-state index in [0.29, 0.717) is 11.1 Å². The van der Waals surface area contributed by atoms with E-state index in [1.165, 1.54) is 6.08 Å². The third-order valence-electron chi connectivity index (χ3n) is 1.69. The summed E-state index contributed by atoms with van der Waals surface area (Å²) in [5.41, 5.74) is 0.926. The predicted octanol–water partition coefficient (Wildman–Crippen LogP) is 0.406. The van der Waals surface area contributed by atoms with Crippen molar-refractivity contribution in [2.45, 2.75) is 0 Å². The third kappa shape index (κ3) is 1.91. The summed E-state index contributed by atoms with van der Waals surface area (Å²) in [6.45, 7) is 7.06. The molecule has 0 spiro atoms. The summed E-state index contributed by atoms with van der Waals surface area (Å²) in [5.74, 6) is 0. The van der Waals surface area contributed by atoms with Gasteiger partial charge < -0.3 is 0 Å². The molecule has 0 bridgehead atoms. The number of nitrogens with one attached hydrogen (secondary N) is 1. The molecule has 0 unspecified atom stereocenters. The van der Waals surface area contributed by atoms with Crippen molar-refractivity contribution >= 4 is 25.6 Å². The second-order valence-electron chi connectivity index (χ2n) is 2.56. The molecular formula is C10H9BN2O. The number of H-pyrrole nitrogens is 1. The summed E-state index contributed by atoms with van der Waals surface area (Å²) >= 11 is 0. The highest BCUT2D eigenvalue weighted by Crippen LogP contribution is 2.02. The molecule has 0 saturated heterocycles. The van der Waals surface area contributed by atoms with E-state index in [1.54, 1.807) is 18.2 Å². The van der Waals surface area contributed by atoms with Gasteiger partial charge >= 0.3 is 0 Å². The summed E-state index contributed by atoms with van der Waals surface area (Å²) in [5, 5.41) is 5.92. The lowest BCUT2D eigenvalue weighted by atomic mass is 9.94. The fraction of sp³-hybridized carbons (Fsp3) is 0. The van der Waals surface area contributed by atoms with Crippen LogP contribution in [0.1, 0.15) is 11.1 Å². The fourth-order valence-electron chi connectivity index (χ4n) is 1.03. The second-order valence-corrected chi connectivity index (χ2v) is 2.56. The molecule has 0 saturated carbocycles. The summed E-state index contributed by atoms with van der Waals surface area (Å²) in [4.78, 5) is 11.3. The standard InChI is InChI=1S/C10H9BN2O/c1-3-5-6-8-7(4-2)10(14)13-12-9(8)11/h3-6H,1-2H2,(H,13,14)/b6-5-. The first-order chi connectivity index (χ1) is 6.70. The molecule has 4 heteroatoms. The highest BCUT2D eigenvalue weighted by Gasteiger charge is 2.04. The maximum absolute atomic E-state index is 11.3. The Morgan fingerprint density at radius 2 is 2.07 bits per heavy atom. The van der Waals surface area contributed by atoms with Crippen LogP contribution in [0.3, 0.4) is 0 Å². The van der Waals surface area contributed by atoms with Gasteiger partial charge in [-0.1, -0.05) is 37.5 Å². The number of hydrogen-bond acceptors (Lipinski definition) is 2. The van der Waals surface area contributed by atoms with Crippen LogP contribution in [-0.2, 0) is 0 Å². The van der Waals surface area contributed by atoms with Crippen LogP contribution >= 0.6 is 0 Å². The van der Waals surface area contributed by atoms with Crippen molar-refractivity contribution in [3.63, 3.8) is 0 Å². The summed E-state index contributed by atoms with van der Waals surface area (Å²) < 4.78 is 0. The molecule has 0 atom stereocenters. The van der Waals surface area contributed by atoms with Gasteiger partial charge in [0.25, 0.3) is 5.56 Å². The summed E-state index contributed by atoms with van der Waals surface area (Å²) in [6, 6.07) is 0. The first-order valence-electron chi connectivity index (χ1n) is 4.00. The quantitative estimate of drug-likeness (QED) is 0.546. The van der Waals surface area contributed by atoms with Gasteiger partial charge in [0, 0.05) is 11.2 Å². The highest BCUT2D eigenvalue weighted by atomic mass is 16.1. The number of nitrogens with zero attached hydrogens (tertiary/aromatic N) is 1. The van der Waals surface area contributed by atoms with Gasteiger partial charge in [0.15, 0.2) is 0 Å². The van der Waals surface area contributed by atoms with Gasteiger partial charge in [-0.05, 0) is 5.56 Å². The van der Waals surface area contributed by atoms with Gasteiger partial charge in [-0.15, -0.1) is 0 Å². The van der Waals surface area contributed by atoms with Crippen LogP contribution < -0.4 is 11.2 Å². The second kappa shape index (κ2) is 4.41. The van der Waals surface area contributed by atoms with Crippen molar-refractivity contribution in [1.82, 2.24) is 10.2 Å². The molecule has 0 aliphatic heterocycles. The minimum absolute atomic E-state index is 0.262. The molecule has 1 aromatic heterocycles. The lowest BCUT2D eigenvalue weighted by Crippen LogP contribution is -2.25. The molecule has 3 nitrogen and oxygen atoms in total. The zero-order chi connectivity index (χ0) is 10.6. The van der Waals surface area contributed by atoms with E-state index in [0.717, 1.165) is 0 Å². The SMILES string of the molecule is [B]c1n[nH]c(=O)c(C=C)c1/C=C\C=C. The average molecular weight is 184 g/mol. The van der Waals surface area contributed by atoms with Crippen LogP contribution in [0.4, 0.5) is 0 Å². The molecule has 14 heavy (non-hydrogen) atoms. The molecule has 0 aromatic carbocycles. The third-order valence-corrected chi connectivity index (χ3v) is 1.69. The van der Waals surface area contributed by atoms with Gasteiger partial charge in [0.05, 0.1) is 0 Å². The van der Waals surface area contributed by atoms with Crippen LogP contribution in [0.5, 0.6) is 0 Å². The maximum atomic E-state index is 11.3. The maximum Gasteiger partial charge on any atom is 0.271 e. The molecule has 2 radical (unpaired) electrons. The Morgan fingerprint density at radius 3 is 2.64 bits per heavy atom. The molecule has 1 aromatic rings. The van der Waals surface area contributed by atoms with Gasteiger partial charge in [0.2, 0.25) is 0 Å². The highest BCUT2D eigenvalue weighted by molar-refractivity contribution is 6.32. The van der Waals surface area contributed by atoms with Gasteiger partial charge in [0.1, 0.15) is 7.85 Å². The molecule has 1 heterocycles. The molecule has 1 N–H and O–H groups in total. The lowest BCUT2D eigenvalue weighted by Gasteiger charge is -2.02. The lowest BCUT2D eigenvalue weighted by molar-refractivity contribution is 1.01. The van der Waals surface area contributed by atoms with Crippen molar-refractivity contribution in [3.05, 3.63) is 46.8 Å². The predicted molar refractivity (Wildman–Crippen MR) is 59.6 cm³/mol. The summed E-state index contributed by atoms with van der Waals surface area (Å²) in [6.07, 6.45) is 6.38. The zero-order valence-electron chi connectivity index (χ0n) is 7.66. The molecule has 0 aliphatic rings. The van der Waals surface area contributed by atoms with E-state index in [2.05, 4.69) is 23.4 Å². The molecule has 0 aliphatic carbocycles. The molecular weight excluding hydrogens is 175 g/mol. The first-order valence-corrected chi connectivity index (χ1v) is 4.00. The van der Waals surface area contributed by atoms with E-state index in [4.69, 9.17) is 7.85 Å². The number of rotatable bonds is 3. The van der Waals surface area contributed by atoms with Crippen LogP contribution in [0.2, 0.25) is 0 Å². The molecule has 1 rings (SSSR count). The minimum atomic E-state index is -0.307. The van der Waals surface area contributed by atoms with E-state index in [-0.39, 0.29) is 11.2 Å². The van der Waals surface area contributed by atoms with Crippen LogP contribution in [0.25, 0.3) is 12.2 Å². The molecule has 0 amide bonds. The van der Waals surface area contributed by atoms with Crippen LogP contribution in [0.15, 0.2) is 30.1 Å². The largest absolute Gasteiger partial charge is 0.271 e. The number of allylic oxidation sites excluding steroid dienone is 2. The normalized spacial score (nSPS) is 10.3. The van der Waals surface area contributed by atoms with E-state index < -0.39 is 0 Å². The van der Waals surface area contributed by atoms with Gasteiger partial charge in [-0.25, -0.2) is 5.10 Å². The Kier molecular flexibility index (Phi) is 3.23. The van der Waals surface area contributed by atoms with Gasteiger partial charge in [-0.2, -0.15) is 5.10 Å². The van der Waals surface area contributed by atoms with Crippen molar-refractivity contribution in [3.8, 4) is 0 Å². The molecule has 68 valence electrons. The summed E-state index contributed by atoms with van der Waals surface area (Å²) in [7, 11) is 5.59. The minimum Gasteiger partial charge on any atom is -0.267 e. The van der Waals surface area contributed by atoms with Crippen molar-refractivity contribution < 1.29 is 0 Å². The Labute approximate surface area is 83.3 Å². The van der Waals surface area contributed by atoms with Crippen molar-refractivity contribution in [1.29, 1.82) is 0 Å². The number of aromatic nitrogens is 2. The van der Waals surface area contributed by atoms with Crippen molar-refractivity contribution in [2.75, 3.05) is 0 Å². The molecule has 0 fully saturated rings. The van der Waals surface area contributed by atoms with Gasteiger partial charge in [-0.3, -0.25) is 4.79 Å². The first kappa shape index (κ1) is 10.2. The Balaban J connectivity index is 3.44. The Bertz CT molecular complexity index is 446. The van der Waals surface area contributed by atoms with E-state index >= 15 is 0 Å². The van der Waals surface area contributed by atoms with Crippen LogP contribution in [0, 0.1) is 0 Å². The average Bonchev–Trinajstić information content (AvgIpc) is 2.19. The van der Waals surface area contributed by atoms with Crippen molar-refractivity contribution in [2.24, 2.45) is 0 Å². The fourth-order valence-corrected chi connectivity index (χ4v) is 1.03. The number of hydrogen-bond donors (Lipinski definition) is 1. The van der Waals surface area contributed by atoms with Crippen LogP contribution in [-0.4, -0.2) is 18.0 Å². The Hall–Kier alpha value is -1.84. The van der Waals surface area contributed by atoms with E-state index in [1.807, 2.05) is 0 Å². The Morgan fingerprint density at radius 1 is 1.36 bits per heavy atom.